The minimum absolute atomic E-state index is 0.0385. The van der Waals surface area contributed by atoms with Crippen LogP contribution in [0.15, 0.2) is 11.6 Å². The smallest absolute Gasteiger partial charge is 0.0807 e. The fourth-order valence-corrected chi connectivity index (χ4v) is 2.28. The van der Waals surface area contributed by atoms with Gasteiger partial charge in [0.25, 0.3) is 0 Å². The number of aliphatic hydroxyl groups is 1. The number of hydrogen-bond donors (Lipinski definition) is 2. The Balaban J connectivity index is 4.62. The molecule has 0 heterocycles. The Kier molecular flexibility index (Phi) is 11.4. The third kappa shape index (κ3) is 7.14. The summed E-state index contributed by atoms with van der Waals surface area (Å²) in [6, 6.07) is 0. The van der Waals surface area contributed by atoms with Crippen LogP contribution in [0.4, 0.5) is 0 Å². The SMILES string of the molecule is CCC=C(CNCC)C(CCC)CC(CO)OC. The number of allylic oxidation sites excluding steroid dienone is 1. The lowest BCUT2D eigenvalue weighted by Gasteiger charge is -2.24. The largest absolute Gasteiger partial charge is 0.394 e. The van der Waals surface area contributed by atoms with E-state index in [1.807, 2.05) is 0 Å². The third-order valence-electron chi connectivity index (χ3n) is 3.29. The van der Waals surface area contributed by atoms with Crippen LogP contribution in [-0.2, 0) is 4.74 Å². The monoisotopic (exact) mass is 257 g/mol. The molecular formula is C15H31NO2. The summed E-state index contributed by atoms with van der Waals surface area (Å²) in [5.74, 6) is 0.520. The Hall–Kier alpha value is -0.380. The van der Waals surface area contributed by atoms with Crippen molar-refractivity contribution in [1.82, 2.24) is 5.32 Å². The lowest BCUT2D eigenvalue weighted by atomic mass is 9.88. The van der Waals surface area contributed by atoms with Gasteiger partial charge < -0.3 is 15.2 Å². The number of hydrogen-bond acceptors (Lipinski definition) is 3. The zero-order chi connectivity index (χ0) is 13.8. The van der Waals surface area contributed by atoms with Crippen LogP contribution in [-0.4, -0.2) is 38.0 Å². The summed E-state index contributed by atoms with van der Waals surface area (Å²) in [5, 5.41) is 12.7. The minimum atomic E-state index is -0.0385. The van der Waals surface area contributed by atoms with Crippen molar-refractivity contribution >= 4 is 0 Å². The van der Waals surface area contributed by atoms with Crippen LogP contribution in [0, 0.1) is 5.92 Å². The maximum atomic E-state index is 9.27. The van der Waals surface area contributed by atoms with Crippen LogP contribution in [0.25, 0.3) is 0 Å². The van der Waals surface area contributed by atoms with Gasteiger partial charge in [0.15, 0.2) is 0 Å². The first-order valence-corrected chi connectivity index (χ1v) is 7.26. The van der Waals surface area contributed by atoms with Gasteiger partial charge in [0.2, 0.25) is 0 Å². The lowest BCUT2D eigenvalue weighted by molar-refractivity contribution is 0.0339. The Morgan fingerprint density at radius 2 is 2.06 bits per heavy atom. The van der Waals surface area contributed by atoms with E-state index in [0.29, 0.717) is 5.92 Å². The number of ether oxygens (including phenoxy) is 1. The molecule has 0 amide bonds. The second kappa shape index (κ2) is 11.7. The molecule has 0 rings (SSSR count). The minimum Gasteiger partial charge on any atom is -0.394 e. The molecule has 18 heavy (non-hydrogen) atoms. The molecule has 2 N–H and O–H groups in total. The number of methoxy groups -OCH3 is 1. The van der Waals surface area contributed by atoms with E-state index in [1.165, 1.54) is 12.0 Å². The summed E-state index contributed by atoms with van der Waals surface area (Å²) in [5.41, 5.74) is 1.47. The van der Waals surface area contributed by atoms with Crippen molar-refractivity contribution in [3.63, 3.8) is 0 Å². The van der Waals surface area contributed by atoms with Gasteiger partial charge in [-0.25, -0.2) is 0 Å². The summed E-state index contributed by atoms with van der Waals surface area (Å²) in [6.45, 7) is 8.57. The van der Waals surface area contributed by atoms with Crippen LogP contribution >= 0.6 is 0 Å². The second-order valence-corrected chi connectivity index (χ2v) is 4.73. The highest BCUT2D eigenvalue weighted by Crippen LogP contribution is 2.24. The van der Waals surface area contributed by atoms with E-state index in [9.17, 15) is 5.11 Å². The summed E-state index contributed by atoms with van der Waals surface area (Å²) in [6.07, 6.45) is 6.60. The summed E-state index contributed by atoms with van der Waals surface area (Å²) in [7, 11) is 1.68. The van der Waals surface area contributed by atoms with Crippen LogP contribution in [0.1, 0.15) is 46.5 Å². The molecule has 0 aromatic heterocycles. The molecule has 0 aromatic rings. The predicted octanol–water partition coefficient (Wildman–Crippen LogP) is 2.75. The van der Waals surface area contributed by atoms with Gasteiger partial charge in [-0.3, -0.25) is 0 Å². The van der Waals surface area contributed by atoms with Crippen molar-refractivity contribution in [2.75, 3.05) is 26.8 Å². The van der Waals surface area contributed by atoms with Crippen LogP contribution < -0.4 is 5.32 Å². The average Bonchev–Trinajstić information content (AvgIpc) is 2.39. The summed E-state index contributed by atoms with van der Waals surface area (Å²) >= 11 is 0. The van der Waals surface area contributed by atoms with Gasteiger partial charge in [0.1, 0.15) is 0 Å². The Bertz CT molecular complexity index is 213. The van der Waals surface area contributed by atoms with Crippen molar-refractivity contribution in [1.29, 1.82) is 0 Å². The van der Waals surface area contributed by atoms with Gasteiger partial charge in [-0.15, -0.1) is 0 Å². The van der Waals surface area contributed by atoms with Crippen molar-refractivity contribution in [3.05, 3.63) is 11.6 Å². The molecule has 0 saturated carbocycles. The molecule has 0 aliphatic rings. The quantitative estimate of drug-likeness (QED) is 0.559. The fraction of sp³-hybridized carbons (Fsp3) is 0.867. The molecule has 2 atom stereocenters. The normalized spacial score (nSPS) is 15.7. The second-order valence-electron chi connectivity index (χ2n) is 4.73. The Labute approximate surface area is 113 Å². The first-order chi connectivity index (χ1) is 8.73. The van der Waals surface area contributed by atoms with E-state index >= 15 is 0 Å². The third-order valence-corrected chi connectivity index (χ3v) is 3.29. The Morgan fingerprint density at radius 3 is 2.50 bits per heavy atom. The van der Waals surface area contributed by atoms with Crippen LogP contribution in [0.5, 0.6) is 0 Å². The molecule has 2 unspecified atom stereocenters. The zero-order valence-corrected chi connectivity index (χ0v) is 12.5. The summed E-state index contributed by atoms with van der Waals surface area (Å²) in [4.78, 5) is 0. The number of aliphatic hydroxyl groups excluding tert-OH is 1. The molecule has 0 aromatic carbocycles. The molecule has 3 nitrogen and oxygen atoms in total. The number of nitrogens with one attached hydrogen (secondary N) is 1. The van der Waals surface area contributed by atoms with Gasteiger partial charge >= 0.3 is 0 Å². The fourth-order valence-electron chi connectivity index (χ4n) is 2.28. The highest BCUT2D eigenvalue weighted by Gasteiger charge is 2.18. The molecule has 0 bridgehead atoms. The molecule has 0 spiro atoms. The maximum absolute atomic E-state index is 9.27. The highest BCUT2D eigenvalue weighted by atomic mass is 16.5. The molecule has 0 fully saturated rings. The van der Waals surface area contributed by atoms with E-state index in [2.05, 4.69) is 32.2 Å². The van der Waals surface area contributed by atoms with E-state index in [0.717, 1.165) is 32.4 Å². The average molecular weight is 257 g/mol. The zero-order valence-electron chi connectivity index (χ0n) is 12.5. The molecule has 0 radical (unpaired) electrons. The van der Waals surface area contributed by atoms with Crippen molar-refractivity contribution in [2.45, 2.75) is 52.6 Å². The molecule has 3 heteroatoms. The van der Waals surface area contributed by atoms with E-state index < -0.39 is 0 Å². The predicted molar refractivity (Wildman–Crippen MR) is 77.8 cm³/mol. The van der Waals surface area contributed by atoms with Gasteiger partial charge in [0, 0.05) is 13.7 Å². The van der Waals surface area contributed by atoms with Crippen LogP contribution in [0.2, 0.25) is 0 Å². The van der Waals surface area contributed by atoms with Crippen molar-refractivity contribution in [3.8, 4) is 0 Å². The standard InChI is InChI=1S/C15H31NO2/c1-5-8-13(10-15(12-17)18-4)14(9-6-2)11-16-7-3/h9,13,15-17H,5-8,10-12H2,1-4H3. The van der Waals surface area contributed by atoms with Crippen molar-refractivity contribution in [2.24, 2.45) is 5.92 Å². The van der Waals surface area contributed by atoms with Gasteiger partial charge in [0.05, 0.1) is 12.7 Å². The molecular weight excluding hydrogens is 226 g/mol. The van der Waals surface area contributed by atoms with Crippen LogP contribution in [0.3, 0.4) is 0 Å². The molecule has 0 saturated heterocycles. The topological polar surface area (TPSA) is 41.5 Å². The van der Waals surface area contributed by atoms with E-state index in [-0.39, 0.29) is 12.7 Å². The van der Waals surface area contributed by atoms with Gasteiger partial charge in [-0.1, -0.05) is 38.8 Å². The first-order valence-electron chi connectivity index (χ1n) is 7.26. The molecule has 108 valence electrons. The molecule has 0 aliphatic heterocycles. The summed E-state index contributed by atoms with van der Waals surface area (Å²) < 4.78 is 5.31. The first kappa shape index (κ1) is 17.6. The highest BCUT2D eigenvalue weighted by molar-refractivity contribution is 5.09. The van der Waals surface area contributed by atoms with Gasteiger partial charge in [-0.05, 0) is 31.7 Å². The maximum Gasteiger partial charge on any atom is 0.0807 e. The van der Waals surface area contributed by atoms with E-state index in [4.69, 9.17) is 4.74 Å². The lowest BCUT2D eigenvalue weighted by Crippen LogP contribution is -2.26. The van der Waals surface area contributed by atoms with Crippen molar-refractivity contribution < 1.29 is 9.84 Å². The number of likely N-dealkylation sites (N-methyl/N-ethyl adjacent to an activating group) is 1. The molecule has 0 aliphatic carbocycles. The number of rotatable bonds is 11. The van der Waals surface area contributed by atoms with E-state index in [1.54, 1.807) is 7.11 Å². The Morgan fingerprint density at radius 1 is 1.33 bits per heavy atom. The van der Waals surface area contributed by atoms with Gasteiger partial charge in [-0.2, -0.15) is 0 Å².